The molecule has 10 heterocycles. The van der Waals surface area contributed by atoms with Gasteiger partial charge in [-0.05, 0) is 46.5 Å². The fourth-order valence-electron chi connectivity index (χ4n) is 13.0. The van der Waals surface area contributed by atoms with E-state index in [0.717, 1.165) is 22.3 Å². The predicted octanol–water partition coefficient (Wildman–Crippen LogP) is 8.35. The van der Waals surface area contributed by atoms with Gasteiger partial charge in [0, 0.05) is 51.4 Å². The van der Waals surface area contributed by atoms with E-state index in [-0.39, 0.29) is 47.8 Å². The molecular formula is C58H54N6O8. The van der Waals surface area contributed by atoms with Crippen LogP contribution < -0.4 is 0 Å². The molecule has 14 rings (SSSR count). The first-order valence-corrected chi connectivity index (χ1v) is 25.3. The molecule has 8 atom stereocenters. The summed E-state index contributed by atoms with van der Waals surface area (Å²) in [5.41, 5.74) is 3.39. The molecule has 14 heteroatoms. The Morgan fingerprint density at radius 3 is 0.764 bits per heavy atom. The smallest absolute Gasteiger partial charge is 0.225 e. The van der Waals surface area contributed by atoms with Crippen LogP contribution in [0, 0.1) is 0 Å². The number of amides is 4. The zero-order valence-corrected chi connectivity index (χ0v) is 39.8. The molecular weight excluding hydrogens is 909 g/mol. The van der Waals surface area contributed by atoms with Gasteiger partial charge < -0.3 is 18.9 Å². The zero-order valence-electron chi connectivity index (χ0n) is 39.8. The first kappa shape index (κ1) is 44.8. The van der Waals surface area contributed by atoms with Crippen LogP contribution in [0.2, 0.25) is 0 Å². The number of hydrogen-bond donors (Lipinski definition) is 0. The molecule has 0 aliphatic carbocycles. The first-order valence-electron chi connectivity index (χ1n) is 25.3. The number of ether oxygens (including phenoxy) is 4. The van der Waals surface area contributed by atoms with E-state index in [1.54, 1.807) is 0 Å². The van der Waals surface area contributed by atoms with Crippen molar-refractivity contribution in [2.75, 3.05) is 26.4 Å². The van der Waals surface area contributed by atoms with E-state index in [2.05, 4.69) is 0 Å². The summed E-state index contributed by atoms with van der Waals surface area (Å²) in [6, 6.07) is 51.1. The number of rotatable bonds is 8. The van der Waals surface area contributed by atoms with Gasteiger partial charge in [0.1, 0.15) is 0 Å². The lowest BCUT2D eigenvalue weighted by Crippen LogP contribution is -2.43. The van der Waals surface area contributed by atoms with Crippen LogP contribution in [0.5, 0.6) is 0 Å². The molecule has 0 saturated carbocycles. The Morgan fingerprint density at radius 2 is 0.542 bits per heavy atom. The summed E-state index contributed by atoms with van der Waals surface area (Å²) in [5, 5.41) is 0. The van der Waals surface area contributed by atoms with Crippen LogP contribution in [-0.2, 0) is 61.0 Å². The molecule has 4 aromatic carbocycles. The molecule has 8 saturated heterocycles. The summed E-state index contributed by atoms with van der Waals surface area (Å²) in [7, 11) is 0. The van der Waals surface area contributed by atoms with Crippen molar-refractivity contribution in [3.63, 3.8) is 0 Å². The van der Waals surface area contributed by atoms with Gasteiger partial charge in [0.05, 0.1) is 73.4 Å². The van der Waals surface area contributed by atoms with E-state index in [4.69, 9.17) is 28.9 Å². The molecule has 8 fully saturated rings. The molecule has 14 nitrogen and oxygen atoms in total. The second-order valence-electron chi connectivity index (χ2n) is 20.0. The van der Waals surface area contributed by atoms with Crippen molar-refractivity contribution >= 4 is 23.6 Å². The maximum absolute atomic E-state index is 13.1. The lowest BCUT2D eigenvalue weighted by atomic mass is 10.0. The van der Waals surface area contributed by atoms with Gasteiger partial charge in [-0.25, -0.2) is 9.97 Å². The SMILES string of the molecule is O=C1CC[C@]2(c3cccc([C@]45CCC(=O)N4[C@H](c4ccccc4)CO5)n3)OC[C@@H](c3ccccc3)N12.O=C1CC[C@]2(c3cccc([C@]45CCC(=O)N4[C@H](c4ccccc4)CO5)n3)OC[C@@H](c3ccccc3)N12. The normalized spacial score (nSPS) is 31.2. The predicted molar refractivity (Wildman–Crippen MR) is 260 cm³/mol. The van der Waals surface area contributed by atoms with Crippen molar-refractivity contribution in [1.29, 1.82) is 0 Å². The molecule has 8 aliphatic heterocycles. The van der Waals surface area contributed by atoms with Crippen molar-refractivity contribution in [3.05, 3.63) is 203 Å². The number of hydrogen-bond acceptors (Lipinski definition) is 10. The largest absolute Gasteiger partial charge is 0.347 e. The van der Waals surface area contributed by atoms with Gasteiger partial charge in [0.25, 0.3) is 0 Å². The zero-order chi connectivity index (χ0) is 48.7. The van der Waals surface area contributed by atoms with Crippen molar-refractivity contribution < 1.29 is 38.1 Å². The average molecular weight is 963 g/mol. The Balaban J connectivity index is 0.000000140. The minimum atomic E-state index is -0.908. The van der Waals surface area contributed by atoms with Crippen molar-refractivity contribution in [3.8, 4) is 0 Å². The van der Waals surface area contributed by atoms with Gasteiger partial charge in [-0.15, -0.1) is 0 Å². The lowest BCUT2D eigenvalue weighted by Gasteiger charge is -2.35. The number of aromatic nitrogens is 2. The van der Waals surface area contributed by atoms with Crippen LogP contribution in [0.4, 0.5) is 0 Å². The Hall–Kier alpha value is -7.10. The fraction of sp³-hybridized carbons (Fsp3) is 0.345. The van der Waals surface area contributed by atoms with E-state index < -0.39 is 22.9 Å². The Kier molecular flexibility index (Phi) is 10.8. The molecule has 8 aliphatic rings. The van der Waals surface area contributed by atoms with Crippen LogP contribution in [0.15, 0.2) is 158 Å². The van der Waals surface area contributed by atoms with E-state index in [0.29, 0.717) is 101 Å². The quantitative estimate of drug-likeness (QED) is 0.146. The van der Waals surface area contributed by atoms with E-state index >= 15 is 0 Å². The molecule has 0 N–H and O–H groups in total. The van der Waals surface area contributed by atoms with Gasteiger partial charge in [0.2, 0.25) is 23.6 Å². The van der Waals surface area contributed by atoms with Crippen molar-refractivity contribution in [1.82, 2.24) is 29.6 Å². The summed E-state index contributed by atoms with van der Waals surface area (Å²) in [6.45, 7) is 1.68. The molecule has 364 valence electrons. The second-order valence-corrected chi connectivity index (χ2v) is 20.0. The molecule has 0 spiro atoms. The molecule has 72 heavy (non-hydrogen) atoms. The van der Waals surface area contributed by atoms with Crippen LogP contribution in [0.3, 0.4) is 0 Å². The summed E-state index contributed by atoms with van der Waals surface area (Å²) < 4.78 is 25.8. The number of carbonyl (C=O) groups is 4. The number of benzene rings is 4. The Labute approximate surface area is 417 Å². The van der Waals surface area contributed by atoms with Gasteiger partial charge in [-0.1, -0.05) is 133 Å². The minimum Gasteiger partial charge on any atom is -0.347 e. The highest BCUT2D eigenvalue weighted by atomic mass is 16.5. The van der Waals surface area contributed by atoms with Gasteiger partial charge in [-0.3, -0.25) is 38.8 Å². The molecule has 2 aromatic heterocycles. The van der Waals surface area contributed by atoms with Gasteiger partial charge in [0.15, 0.2) is 22.9 Å². The summed E-state index contributed by atoms with van der Waals surface area (Å²) in [5.74, 6) is 0.299. The average Bonchev–Trinajstić information content (AvgIpc) is 4.32. The first-order chi connectivity index (χ1) is 35.2. The van der Waals surface area contributed by atoms with Crippen molar-refractivity contribution in [2.45, 2.75) is 98.4 Å². The number of carbonyl (C=O) groups excluding carboxylic acids is 4. The Bertz CT molecular complexity index is 2670. The summed E-state index contributed by atoms with van der Waals surface area (Å²) in [6.07, 6.45) is 3.86. The third-order valence-electron chi connectivity index (χ3n) is 16.3. The topological polar surface area (TPSA) is 144 Å². The fourth-order valence-corrected chi connectivity index (χ4v) is 13.0. The maximum atomic E-state index is 13.1. The third-order valence-corrected chi connectivity index (χ3v) is 16.3. The third kappa shape index (κ3) is 6.75. The molecule has 0 radical (unpaired) electrons. The molecule has 6 aromatic rings. The Morgan fingerprint density at radius 1 is 0.319 bits per heavy atom. The van der Waals surface area contributed by atoms with Gasteiger partial charge >= 0.3 is 0 Å². The highest BCUT2D eigenvalue weighted by Crippen LogP contribution is 2.55. The number of fused-ring (bicyclic) bond motifs is 4. The molecule has 0 bridgehead atoms. The summed E-state index contributed by atoms with van der Waals surface area (Å²) in [4.78, 5) is 70.2. The van der Waals surface area contributed by atoms with E-state index in [1.165, 1.54) is 0 Å². The highest BCUT2D eigenvalue weighted by molar-refractivity contribution is 5.83. The standard InChI is InChI=1S/2C29H27N3O4/c2*33-26-14-16-28(31(26)22(18-35-28)20-8-3-1-4-9-20)24-12-7-13-25(30-24)29-17-15-27(34)32(29)23(19-36-29)21-10-5-2-6-11-21/h2*1-13,22-23H,14-19H2/t2*22-,23-,28+,29+/m00/s1. The van der Waals surface area contributed by atoms with E-state index in [9.17, 15) is 19.2 Å². The van der Waals surface area contributed by atoms with Crippen LogP contribution in [0.1, 0.15) is 121 Å². The number of nitrogens with zero attached hydrogens (tertiary/aromatic N) is 6. The summed E-state index contributed by atoms with van der Waals surface area (Å²) >= 11 is 0. The second kappa shape index (κ2) is 17.3. The van der Waals surface area contributed by atoms with Crippen LogP contribution in [0.25, 0.3) is 0 Å². The maximum Gasteiger partial charge on any atom is 0.225 e. The minimum absolute atomic E-state index is 0.0747. The van der Waals surface area contributed by atoms with Crippen LogP contribution >= 0.6 is 0 Å². The lowest BCUT2D eigenvalue weighted by molar-refractivity contribution is -0.142. The van der Waals surface area contributed by atoms with Gasteiger partial charge in [-0.2, -0.15) is 0 Å². The van der Waals surface area contributed by atoms with E-state index in [1.807, 2.05) is 177 Å². The molecule has 0 unspecified atom stereocenters. The van der Waals surface area contributed by atoms with Crippen LogP contribution in [-0.4, -0.2) is 79.6 Å². The molecule has 4 amide bonds. The number of pyridine rings is 2. The highest BCUT2D eigenvalue weighted by Gasteiger charge is 2.62. The monoisotopic (exact) mass is 962 g/mol. The van der Waals surface area contributed by atoms with Crippen molar-refractivity contribution in [2.24, 2.45) is 0 Å².